The van der Waals surface area contributed by atoms with Crippen molar-refractivity contribution in [3.8, 4) is 11.8 Å². The summed E-state index contributed by atoms with van der Waals surface area (Å²) in [6.45, 7) is 4.09. The van der Waals surface area contributed by atoms with Gasteiger partial charge < -0.3 is 0 Å². The first-order valence-corrected chi connectivity index (χ1v) is 4.05. The molecular weight excluding hydrogens is 211 g/mol. The first kappa shape index (κ1) is 8.29. The quantitative estimate of drug-likeness (QED) is 0.382. The highest BCUT2D eigenvalue weighted by Gasteiger charge is 1.89. The molecule has 0 aliphatic rings. The molecule has 0 N–H and O–H groups in total. The van der Waals surface area contributed by atoms with Crippen LogP contribution in [0.1, 0.15) is 26.7 Å². The Morgan fingerprint density at radius 3 is 2.62 bits per heavy atom. The topological polar surface area (TPSA) is 0 Å². The van der Waals surface area contributed by atoms with Crippen molar-refractivity contribution in [2.45, 2.75) is 30.6 Å². The van der Waals surface area contributed by atoms with Gasteiger partial charge in [0.2, 0.25) is 0 Å². The Hall–Kier alpha value is 0.290. The molecule has 0 rings (SSSR count). The molecule has 0 fully saturated rings. The number of hydrogen-bond donors (Lipinski definition) is 0. The molecule has 1 heteroatoms. The van der Waals surface area contributed by atoms with Crippen molar-refractivity contribution in [2.75, 3.05) is 0 Å². The molecule has 0 saturated carbocycles. The van der Waals surface area contributed by atoms with E-state index in [1.807, 2.05) is 6.92 Å². The molecule has 0 aromatic carbocycles. The molecule has 0 aromatic heterocycles. The molecule has 0 nitrogen and oxygen atoms in total. The summed E-state index contributed by atoms with van der Waals surface area (Å²) in [5.74, 6) is 5.89. The van der Waals surface area contributed by atoms with Gasteiger partial charge in [0.05, 0.1) is 0 Å². The van der Waals surface area contributed by atoms with Gasteiger partial charge in [-0.25, -0.2) is 0 Å². The lowest BCUT2D eigenvalue weighted by Crippen LogP contribution is -1.85. The Morgan fingerprint density at radius 1 is 1.62 bits per heavy atom. The molecule has 0 amide bonds. The molecule has 0 spiro atoms. The predicted molar refractivity (Wildman–Crippen MR) is 46.2 cm³/mol. The SMILES string of the molecule is CC#CCCC(C)I. The van der Waals surface area contributed by atoms with Crippen molar-refractivity contribution in [3.05, 3.63) is 0 Å². The molecule has 0 heterocycles. The van der Waals surface area contributed by atoms with Crippen LogP contribution in [0, 0.1) is 11.8 Å². The minimum atomic E-state index is 0.772. The van der Waals surface area contributed by atoms with Crippen LogP contribution in [0.4, 0.5) is 0 Å². The normalized spacial score (nSPS) is 11.9. The van der Waals surface area contributed by atoms with Crippen molar-refractivity contribution in [1.82, 2.24) is 0 Å². The minimum absolute atomic E-state index is 0.772. The van der Waals surface area contributed by atoms with Crippen LogP contribution in [-0.2, 0) is 0 Å². The van der Waals surface area contributed by atoms with Gasteiger partial charge in [-0.05, 0) is 13.3 Å². The standard InChI is InChI=1S/C7H11I/c1-3-4-5-6-7(2)8/h7H,5-6H2,1-2H3. The number of halogens is 1. The second-order valence-electron chi connectivity index (χ2n) is 1.75. The lowest BCUT2D eigenvalue weighted by Gasteiger charge is -1.94. The summed E-state index contributed by atoms with van der Waals surface area (Å²) in [5, 5.41) is 0. The zero-order valence-corrected chi connectivity index (χ0v) is 7.53. The molecule has 0 aliphatic carbocycles. The highest BCUT2D eigenvalue weighted by Crippen LogP contribution is 2.05. The molecule has 1 atom stereocenters. The first-order valence-electron chi connectivity index (χ1n) is 2.81. The van der Waals surface area contributed by atoms with E-state index in [1.54, 1.807) is 0 Å². The van der Waals surface area contributed by atoms with Gasteiger partial charge in [0, 0.05) is 10.3 Å². The van der Waals surface area contributed by atoms with E-state index in [0.717, 1.165) is 10.3 Å². The molecular formula is C7H11I. The fourth-order valence-corrected chi connectivity index (χ4v) is 0.707. The molecule has 1 unspecified atom stereocenters. The van der Waals surface area contributed by atoms with Crippen LogP contribution in [0.2, 0.25) is 0 Å². The van der Waals surface area contributed by atoms with Gasteiger partial charge in [-0.2, -0.15) is 0 Å². The van der Waals surface area contributed by atoms with Crippen LogP contribution >= 0.6 is 22.6 Å². The van der Waals surface area contributed by atoms with E-state index in [9.17, 15) is 0 Å². The maximum Gasteiger partial charge on any atom is 0.00984 e. The van der Waals surface area contributed by atoms with Gasteiger partial charge >= 0.3 is 0 Å². The fourth-order valence-electron chi connectivity index (χ4n) is 0.396. The molecule has 0 radical (unpaired) electrons. The zero-order valence-electron chi connectivity index (χ0n) is 5.37. The zero-order chi connectivity index (χ0) is 6.41. The van der Waals surface area contributed by atoms with E-state index in [1.165, 1.54) is 6.42 Å². The maximum absolute atomic E-state index is 3.02. The third-order valence-electron chi connectivity index (χ3n) is 0.844. The predicted octanol–water partition coefficient (Wildman–Crippen LogP) is 2.61. The Bertz CT molecular complexity index is 94.7. The lowest BCUT2D eigenvalue weighted by atomic mass is 10.2. The fraction of sp³-hybridized carbons (Fsp3) is 0.714. The van der Waals surface area contributed by atoms with Crippen LogP contribution in [0.25, 0.3) is 0 Å². The summed E-state index contributed by atoms with van der Waals surface area (Å²) < 4.78 is 0.772. The van der Waals surface area contributed by atoms with E-state index in [0.29, 0.717) is 0 Å². The Balaban J connectivity index is 3.01. The summed E-state index contributed by atoms with van der Waals surface area (Å²) in [7, 11) is 0. The second-order valence-corrected chi connectivity index (χ2v) is 3.87. The minimum Gasteiger partial charge on any atom is -0.107 e. The van der Waals surface area contributed by atoms with Crippen molar-refractivity contribution in [3.63, 3.8) is 0 Å². The monoisotopic (exact) mass is 222 g/mol. The number of hydrogen-bond acceptors (Lipinski definition) is 0. The maximum atomic E-state index is 3.02. The lowest BCUT2D eigenvalue weighted by molar-refractivity contribution is 0.872. The highest BCUT2D eigenvalue weighted by molar-refractivity contribution is 14.1. The summed E-state index contributed by atoms with van der Waals surface area (Å²) in [5.41, 5.74) is 0. The van der Waals surface area contributed by atoms with Crippen molar-refractivity contribution < 1.29 is 0 Å². The van der Waals surface area contributed by atoms with Crippen molar-refractivity contribution in [2.24, 2.45) is 0 Å². The molecule has 0 aliphatic heterocycles. The molecule has 0 bridgehead atoms. The van der Waals surface area contributed by atoms with Crippen molar-refractivity contribution >= 4 is 22.6 Å². The summed E-state index contributed by atoms with van der Waals surface area (Å²) >= 11 is 2.41. The Labute approximate surface area is 65.2 Å². The molecule has 0 aromatic rings. The van der Waals surface area contributed by atoms with Crippen LogP contribution < -0.4 is 0 Å². The molecule has 46 valence electrons. The van der Waals surface area contributed by atoms with Gasteiger partial charge in [-0.15, -0.1) is 11.8 Å². The third kappa shape index (κ3) is 6.29. The first-order chi connectivity index (χ1) is 3.77. The largest absolute Gasteiger partial charge is 0.107 e. The van der Waals surface area contributed by atoms with E-state index < -0.39 is 0 Å². The number of alkyl halides is 1. The van der Waals surface area contributed by atoms with E-state index in [-0.39, 0.29) is 0 Å². The van der Waals surface area contributed by atoms with Crippen LogP contribution in [0.3, 0.4) is 0 Å². The highest BCUT2D eigenvalue weighted by atomic mass is 127. The average Bonchev–Trinajstić information content (AvgIpc) is 1.66. The van der Waals surface area contributed by atoms with Gasteiger partial charge in [0.25, 0.3) is 0 Å². The Kier molecular flexibility index (Phi) is 5.62. The smallest absolute Gasteiger partial charge is 0.00984 e. The average molecular weight is 222 g/mol. The summed E-state index contributed by atoms with van der Waals surface area (Å²) in [6, 6.07) is 0. The van der Waals surface area contributed by atoms with Gasteiger partial charge in [-0.1, -0.05) is 29.5 Å². The third-order valence-corrected chi connectivity index (χ3v) is 1.47. The van der Waals surface area contributed by atoms with Crippen LogP contribution in [0.15, 0.2) is 0 Å². The van der Waals surface area contributed by atoms with Gasteiger partial charge in [-0.3, -0.25) is 0 Å². The van der Waals surface area contributed by atoms with E-state index in [4.69, 9.17) is 0 Å². The van der Waals surface area contributed by atoms with Crippen LogP contribution in [0.5, 0.6) is 0 Å². The van der Waals surface area contributed by atoms with E-state index >= 15 is 0 Å². The summed E-state index contributed by atoms with van der Waals surface area (Å²) in [6.07, 6.45) is 2.28. The van der Waals surface area contributed by atoms with Crippen molar-refractivity contribution in [1.29, 1.82) is 0 Å². The van der Waals surface area contributed by atoms with Crippen LogP contribution in [-0.4, -0.2) is 3.92 Å². The second kappa shape index (κ2) is 5.43. The summed E-state index contributed by atoms with van der Waals surface area (Å²) in [4.78, 5) is 0. The van der Waals surface area contributed by atoms with E-state index in [2.05, 4.69) is 41.4 Å². The van der Waals surface area contributed by atoms with Gasteiger partial charge in [0.1, 0.15) is 0 Å². The Morgan fingerprint density at radius 2 is 2.25 bits per heavy atom. The molecule has 0 saturated heterocycles. The molecule has 8 heavy (non-hydrogen) atoms. The number of rotatable bonds is 2. The van der Waals surface area contributed by atoms with Gasteiger partial charge in [0.15, 0.2) is 0 Å².